The summed E-state index contributed by atoms with van der Waals surface area (Å²) in [6.45, 7) is 4.26. The lowest BCUT2D eigenvalue weighted by atomic mass is 9.81. The van der Waals surface area contributed by atoms with Gasteiger partial charge >= 0.3 is 0 Å². The average molecular weight is 289 g/mol. The molecule has 4 N–H and O–H groups in total. The van der Waals surface area contributed by atoms with Gasteiger partial charge in [0.1, 0.15) is 0 Å². The van der Waals surface area contributed by atoms with Gasteiger partial charge in [0.15, 0.2) is 5.84 Å². The summed E-state index contributed by atoms with van der Waals surface area (Å²) < 4.78 is 0. The highest BCUT2D eigenvalue weighted by atomic mass is 16.4. The van der Waals surface area contributed by atoms with E-state index in [0.29, 0.717) is 0 Å². The number of amidine groups is 1. The lowest BCUT2D eigenvalue weighted by Crippen LogP contribution is -2.21. The molecule has 0 radical (unpaired) electrons. The Morgan fingerprint density at radius 1 is 1.43 bits per heavy atom. The molecule has 1 aliphatic rings. The van der Waals surface area contributed by atoms with Gasteiger partial charge in [-0.1, -0.05) is 49.5 Å². The fourth-order valence-electron chi connectivity index (χ4n) is 3.26. The van der Waals surface area contributed by atoms with Gasteiger partial charge in [-0.05, 0) is 42.9 Å². The number of oxime groups is 1. The van der Waals surface area contributed by atoms with Gasteiger partial charge in [-0.2, -0.15) is 0 Å². The monoisotopic (exact) mass is 289 g/mol. The molecule has 4 nitrogen and oxygen atoms in total. The van der Waals surface area contributed by atoms with Crippen LogP contribution in [0.4, 0.5) is 0 Å². The van der Waals surface area contributed by atoms with Crippen molar-refractivity contribution in [3.63, 3.8) is 0 Å². The molecule has 0 aliphatic heterocycles. The number of nitrogens with one attached hydrogen (secondary N) is 1. The van der Waals surface area contributed by atoms with E-state index in [4.69, 9.17) is 10.9 Å². The van der Waals surface area contributed by atoms with Crippen LogP contribution in [0.25, 0.3) is 0 Å². The van der Waals surface area contributed by atoms with Crippen LogP contribution < -0.4 is 11.1 Å². The van der Waals surface area contributed by atoms with Crippen molar-refractivity contribution in [2.75, 3.05) is 6.54 Å². The highest BCUT2D eigenvalue weighted by Gasteiger charge is 2.18. The minimum absolute atomic E-state index is 0.160. The largest absolute Gasteiger partial charge is 0.409 e. The van der Waals surface area contributed by atoms with Crippen LogP contribution in [0.15, 0.2) is 29.4 Å². The molecule has 21 heavy (non-hydrogen) atoms. The summed E-state index contributed by atoms with van der Waals surface area (Å²) in [6, 6.07) is 7.81. The molecule has 1 aliphatic carbocycles. The molecule has 1 saturated carbocycles. The van der Waals surface area contributed by atoms with Gasteiger partial charge in [0, 0.05) is 12.1 Å². The maximum absolute atomic E-state index is 8.71. The molecular weight excluding hydrogens is 262 g/mol. The Morgan fingerprint density at radius 2 is 2.29 bits per heavy atom. The first-order valence-electron chi connectivity index (χ1n) is 7.96. The summed E-state index contributed by atoms with van der Waals surface area (Å²) in [6.07, 6.45) is 6.86. The van der Waals surface area contributed by atoms with Crippen LogP contribution in [-0.4, -0.2) is 17.6 Å². The number of nitrogens with zero attached hydrogens (tertiary/aromatic N) is 1. The van der Waals surface area contributed by atoms with E-state index in [1.54, 1.807) is 0 Å². The Balaban J connectivity index is 1.73. The average Bonchev–Trinajstić information content (AvgIpc) is 2.51. The number of nitrogens with two attached hydrogens (primary N) is 1. The van der Waals surface area contributed by atoms with E-state index in [-0.39, 0.29) is 5.84 Å². The fourth-order valence-corrected chi connectivity index (χ4v) is 3.26. The van der Waals surface area contributed by atoms with Crippen molar-refractivity contribution in [1.29, 1.82) is 0 Å². The molecule has 0 aromatic heterocycles. The highest BCUT2D eigenvalue weighted by Crippen LogP contribution is 2.30. The van der Waals surface area contributed by atoms with Crippen LogP contribution in [0.3, 0.4) is 0 Å². The summed E-state index contributed by atoms with van der Waals surface area (Å²) in [7, 11) is 0. The molecule has 0 saturated heterocycles. The van der Waals surface area contributed by atoms with Gasteiger partial charge < -0.3 is 16.3 Å². The summed E-state index contributed by atoms with van der Waals surface area (Å²) in [4.78, 5) is 0. The summed E-state index contributed by atoms with van der Waals surface area (Å²) in [5.41, 5.74) is 7.53. The Kier molecular flexibility index (Phi) is 6.05. The van der Waals surface area contributed by atoms with Crippen LogP contribution in [0.5, 0.6) is 0 Å². The van der Waals surface area contributed by atoms with Gasteiger partial charge in [-0.25, -0.2) is 0 Å². The van der Waals surface area contributed by atoms with Crippen LogP contribution in [0.2, 0.25) is 0 Å². The van der Waals surface area contributed by atoms with Crippen molar-refractivity contribution in [3.05, 3.63) is 35.4 Å². The maximum atomic E-state index is 8.71. The van der Waals surface area contributed by atoms with Crippen molar-refractivity contribution in [2.24, 2.45) is 22.7 Å². The SMILES string of the molecule is CC1CCCC(CCNCc2cccc(C(N)=NO)c2)C1. The zero-order valence-electron chi connectivity index (χ0n) is 12.9. The van der Waals surface area contributed by atoms with E-state index in [0.717, 1.165) is 36.1 Å². The predicted molar refractivity (Wildman–Crippen MR) is 86.4 cm³/mol. The first-order chi connectivity index (χ1) is 10.2. The molecule has 2 rings (SSSR count). The van der Waals surface area contributed by atoms with Crippen LogP contribution >= 0.6 is 0 Å². The summed E-state index contributed by atoms with van der Waals surface area (Å²) in [5, 5.41) is 15.2. The minimum Gasteiger partial charge on any atom is -0.409 e. The molecule has 4 heteroatoms. The Bertz CT molecular complexity index is 473. The standard InChI is InChI=1S/C17H27N3O/c1-13-4-2-5-14(10-13)8-9-19-12-15-6-3-7-16(11-15)17(18)20-21/h3,6-7,11,13-14,19,21H,2,4-5,8-10,12H2,1H3,(H2,18,20). The number of benzene rings is 1. The topological polar surface area (TPSA) is 70.6 Å². The van der Waals surface area contributed by atoms with Crippen molar-refractivity contribution < 1.29 is 5.21 Å². The Hall–Kier alpha value is -1.55. The second kappa shape index (κ2) is 8.03. The molecule has 0 amide bonds. The zero-order valence-corrected chi connectivity index (χ0v) is 12.9. The summed E-state index contributed by atoms with van der Waals surface area (Å²) in [5.74, 6) is 1.96. The third-order valence-corrected chi connectivity index (χ3v) is 4.43. The molecule has 2 atom stereocenters. The van der Waals surface area contributed by atoms with Gasteiger partial charge in [-0.15, -0.1) is 0 Å². The number of hydrogen-bond acceptors (Lipinski definition) is 3. The molecule has 0 heterocycles. The minimum atomic E-state index is 0.160. The maximum Gasteiger partial charge on any atom is 0.170 e. The first kappa shape index (κ1) is 15.8. The van der Waals surface area contributed by atoms with Crippen molar-refractivity contribution in [3.8, 4) is 0 Å². The number of hydrogen-bond donors (Lipinski definition) is 3. The second-order valence-corrected chi connectivity index (χ2v) is 6.29. The van der Waals surface area contributed by atoms with Gasteiger partial charge in [0.05, 0.1) is 0 Å². The third-order valence-electron chi connectivity index (χ3n) is 4.43. The van der Waals surface area contributed by atoms with E-state index in [9.17, 15) is 0 Å². The van der Waals surface area contributed by atoms with E-state index >= 15 is 0 Å². The van der Waals surface area contributed by atoms with Crippen molar-refractivity contribution in [2.45, 2.75) is 45.6 Å². The quantitative estimate of drug-likeness (QED) is 0.248. The van der Waals surface area contributed by atoms with Crippen LogP contribution in [-0.2, 0) is 6.54 Å². The normalized spacial score (nSPS) is 23.2. The number of rotatable bonds is 6. The molecule has 2 unspecified atom stereocenters. The van der Waals surface area contributed by atoms with E-state index in [1.165, 1.54) is 32.1 Å². The lowest BCUT2D eigenvalue weighted by Gasteiger charge is -2.26. The Morgan fingerprint density at radius 3 is 3.05 bits per heavy atom. The van der Waals surface area contributed by atoms with E-state index in [2.05, 4.69) is 23.5 Å². The molecule has 1 aromatic rings. The van der Waals surface area contributed by atoms with Crippen LogP contribution in [0.1, 0.15) is 50.2 Å². The smallest absolute Gasteiger partial charge is 0.170 e. The van der Waals surface area contributed by atoms with E-state index < -0.39 is 0 Å². The Labute approximate surface area is 127 Å². The van der Waals surface area contributed by atoms with E-state index in [1.807, 2.05) is 18.2 Å². The molecular formula is C17H27N3O. The van der Waals surface area contributed by atoms with Crippen molar-refractivity contribution >= 4 is 5.84 Å². The van der Waals surface area contributed by atoms with Crippen molar-refractivity contribution in [1.82, 2.24) is 5.32 Å². The molecule has 1 aromatic carbocycles. The molecule has 0 spiro atoms. The van der Waals surface area contributed by atoms with Gasteiger partial charge in [0.25, 0.3) is 0 Å². The first-order valence-corrected chi connectivity index (χ1v) is 7.96. The highest BCUT2D eigenvalue weighted by molar-refractivity contribution is 5.97. The lowest BCUT2D eigenvalue weighted by molar-refractivity contribution is 0.267. The third kappa shape index (κ3) is 5.05. The molecule has 1 fully saturated rings. The molecule has 116 valence electrons. The van der Waals surface area contributed by atoms with Gasteiger partial charge in [-0.3, -0.25) is 0 Å². The molecule has 0 bridgehead atoms. The van der Waals surface area contributed by atoms with Gasteiger partial charge in [0.2, 0.25) is 0 Å². The fraction of sp³-hybridized carbons (Fsp3) is 0.588. The summed E-state index contributed by atoms with van der Waals surface area (Å²) >= 11 is 0. The predicted octanol–water partition coefficient (Wildman–Crippen LogP) is 3.09. The second-order valence-electron chi connectivity index (χ2n) is 6.29. The zero-order chi connectivity index (χ0) is 15.1. The van der Waals surface area contributed by atoms with Crippen LogP contribution in [0, 0.1) is 11.8 Å².